The highest BCUT2D eigenvalue weighted by molar-refractivity contribution is 5.87. The van der Waals surface area contributed by atoms with Gasteiger partial charge < -0.3 is 4.74 Å². The number of ether oxygens (including phenoxy) is 1. The van der Waals surface area contributed by atoms with Crippen LogP contribution in [0.2, 0.25) is 0 Å². The van der Waals surface area contributed by atoms with Crippen LogP contribution in [0.3, 0.4) is 0 Å². The minimum absolute atomic E-state index is 0.209. The summed E-state index contributed by atoms with van der Waals surface area (Å²) < 4.78 is 4.82. The molecule has 3 aliphatic rings. The molecule has 0 amide bonds. The van der Waals surface area contributed by atoms with Gasteiger partial charge in [0, 0.05) is 5.57 Å². The lowest BCUT2D eigenvalue weighted by molar-refractivity contribution is -0.136. The van der Waals surface area contributed by atoms with Crippen LogP contribution in [-0.4, -0.2) is 13.1 Å². The van der Waals surface area contributed by atoms with Gasteiger partial charge >= 0.3 is 5.97 Å². The molecule has 3 aliphatic carbocycles. The average Bonchev–Trinajstić information content (AvgIpc) is 2.99. The van der Waals surface area contributed by atoms with E-state index in [0.29, 0.717) is 23.7 Å². The number of carbonyl (C=O) groups is 1. The van der Waals surface area contributed by atoms with Crippen molar-refractivity contribution < 1.29 is 9.53 Å². The first-order chi connectivity index (χ1) is 13.4. The lowest BCUT2D eigenvalue weighted by Crippen LogP contribution is -2.38. The molecule has 154 valence electrons. The monoisotopic (exact) mass is 382 g/mol. The maximum Gasteiger partial charge on any atom is 0.333 e. The zero-order chi connectivity index (χ0) is 20.3. The summed E-state index contributed by atoms with van der Waals surface area (Å²) in [4.78, 5) is 11.6. The van der Waals surface area contributed by atoms with Gasteiger partial charge in [-0.3, -0.25) is 0 Å². The van der Waals surface area contributed by atoms with E-state index in [1.165, 1.54) is 56.8 Å². The maximum absolute atomic E-state index is 11.6. The third-order valence-corrected chi connectivity index (χ3v) is 7.74. The van der Waals surface area contributed by atoms with Crippen molar-refractivity contribution in [3.05, 3.63) is 47.6 Å². The Morgan fingerprint density at radius 3 is 2.71 bits per heavy atom. The highest BCUT2D eigenvalue weighted by Gasteiger charge is 2.44. The van der Waals surface area contributed by atoms with Crippen molar-refractivity contribution in [1.82, 2.24) is 0 Å². The zero-order valence-corrected chi connectivity index (χ0v) is 18.1. The van der Waals surface area contributed by atoms with Gasteiger partial charge in [-0.2, -0.15) is 0 Å². The van der Waals surface area contributed by atoms with E-state index in [1.807, 2.05) is 6.92 Å². The largest absolute Gasteiger partial charge is 0.466 e. The fourth-order valence-corrected chi connectivity index (χ4v) is 6.07. The molecule has 0 heterocycles. The van der Waals surface area contributed by atoms with E-state index in [1.54, 1.807) is 5.57 Å². The van der Waals surface area contributed by atoms with Gasteiger partial charge in [-0.05, 0) is 94.3 Å². The molecule has 2 bridgehead atoms. The summed E-state index contributed by atoms with van der Waals surface area (Å²) in [5.41, 5.74) is 5.38. The van der Waals surface area contributed by atoms with Crippen molar-refractivity contribution in [2.75, 3.05) is 7.11 Å². The minimum Gasteiger partial charge on any atom is -0.466 e. The smallest absolute Gasteiger partial charge is 0.333 e. The maximum atomic E-state index is 11.6. The summed E-state index contributed by atoms with van der Waals surface area (Å²) in [6.07, 6.45) is 15.2. The summed E-state index contributed by atoms with van der Waals surface area (Å²) in [5.74, 6) is 3.20. The molecule has 3 rings (SSSR count). The lowest BCUT2D eigenvalue weighted by atomic mass is 9.59. The Morgan fingerprint density at radius 2 is 1.96 bits per heavy atom. The Kier molecular flexibility index (Phi) is 7.01. The van der Waals surface area contributed by atoms with Crippen LogP contribution in [0.4, 0.5) is 0 Å². The van der Waals surface area contributed by atoms with E-state index in [-0.39, 0.29) is 5.97 Å². The Labute approximate surface area is 171 Å². The molecule has 0 N–H and O–H groups in total. The van der Waals surface area contributed by atoms with E-state index in [4.69, 9.17) is 4.74 Å². The van der Waals surface area contributed by atoms with Crippen molar-refractivity contribution >= 4 is 5.97 Å². The summed E-state index contributed by atoms with van der Waals surface area (Å²) in [5, 5.41) is 0. The molecule has 28 heavy (non-hydrogen) atoms. The van der Waals surface area contributed by atoms with Crippen LogP contribution >= 0.6 is 0 Å². The fourth-order valence-electron chi connectivity index (χ4n) is 6.07. The van der Waals surface area contributed by atoms with Gasteiger partial charge in [0.1, 0.15) is 0 Å². The van der Waals surface area contributed by atoms with Gasteiger partial charge in [0.2, 0.25) is 0 Å². The summed E-state index contributed by atoms with van der Waals surface area (Å²) in [7, 11) is 1.45. The lowest BCUT2D eigenvalue weighted by Gasteiger charge is -2.46. The number of hydrogen-bond donors (Lipinski definition) is 0. The molecule has 0 aromatic heterocycles. The molecule has 0 aromatic rings. The van der Waals surface area contributed by atoms with E-state index in [9.17, 15) is 4.79 Å². The summed E-state index contributed by atoms with van der Waals surface area (Å²) >= 11 is 0. The number of methoxy groups -OCH3 is 1. The van der Waals surface area contributed by atoms with Gasteiger partial charge in [-0.25, -0.2) is 4.79 Å². The first-order valence-electron chi connectivity index (χ1n) is 11.2. The standard InChI is InChI=1S/C26H38O2/c1-17(8-6-10-20(4)26(27)28-5)22-14-12-19(3)23-15-13-21-11-7-9-18(2)24(16-21)25(22)23/h10-11,17,22-25H,2-3,6-9,12-16H2,1,4-5H3/b20-10+/t17-,22-,23+,24+,25-/m0/s1. The third-order valence-electron chi connectivity index (χ3n) is 7.74. The Morgan fingerprint density at radius 1 is 1.21 bits per heavy atom. The third kappa shape index (κ3) is 4.53. The number of allylic oxidation sites excluding steroid dienone is 5. The van der Waals surface area contributed by atoms with Gasteiger partial charge in [0.15, 0.2) is 0 Å². The molecule has 0 aliphatic heterocycles. The van der Waals surface area contributed by atoms with E-state index < -0.39 is 0 Å². The number of esters is 1. The van der Waals surface area contributed by atoms with Crippen LogP contribution in [-0.2, 0) is 9.53 Å². The Bertz CT molecular complexity index is 681. The molecule has 0 radical (unpaired) electrons. The normalized spacial score (nSPS) is 32.0. The fraction of sp³-hybridized carbons (Fsp3) is 0.654. The molecular formula is C26H38O2. The number of fused-ring (bicyclic) bond motifs is 4. The van der Waals surface area contributed by atoms with Crippen LogP contribution in [0.15, 0.2) is 47.6 Å². The highest BCUT2D eigenvalue weighted by atomic mass is 16.5. The molecule has 2 nitrogen and oxygen atoms in total. The number of rotatable bonds is 5. The van der Waals surface area contributed by atoms with E-state index in [2.05, 4.69) is 32.2 Å². The average molecular weight is 383 g/mol. The van der Waals surface area contributed by atoms with Crippen molar-refractivity contribution in [1.29, 1.82) is 0 Å². The number of hydrogen-bond acceptors (Lipinski definition) is 2. The SMILES string of the molecule is C=C1CC[C@@H]([C@@H](C)CC/C=C(\C)C(=O)OC)[C@H]2[C@@H]1CCC1=CCCC(=C)[C@H]2C1. The summed E-state index contributed by atoms with van der Waals surface area (Å²) in [6, 6.07) is 0. The summed E-state index contributed by atoms with van der Waals surface area (Å²) in [6.45, 7) is 13.3. The topological polar surface area (TPSA) is 26.3 Å². The molecule has 2 fully saturated rings. The van der Waals surface area contributed by atoms with Crippen molar-refractivity contribution in [3.8, 4) is 0 Å². The van der Waals surface area contributed by atoms with Crippen LogP contribution in [0.1, 0.15) is 71.6 Å². The quantitative estimate of drug-likeness (QED) is 0.297. The van der Waals surface area contributed by atoms with Crippen molar-refractivity contribution in [3.63, 3.8) is 0 Å². The Balaban J connectivity index is 1.76. The molecule has 0 saturated heterocycles. The Hall–Kier alpha value is -1.57. The van der Waals surface area contributed by atoms with Gasteiger partial charge in [-0.15, -0.1) is 0 Å². The van der Waals surface area contributed by atoms with E-state index >= 15 is 0 Å². The van der Waals surface area contributed by atoms with Crippen molar-refractivity contribution in [2.45, 2.75) is 71.6 Å². The van der Waals surface area contributed by atoms with E-state index in [0.717, 1.165) is 30.8 Å². The predicted molar refractivity (Wildman–Crippen MR) is 117 cm³/mol. The van der Waals surface area contributed by atoms with Crippen LogP contribution in [0.25, 0.3) is 0 Å². The molecule has 0 spiro atoms. The second kappa shape index (κ2) is 9.29. The van der Waals surface area contributed by atoms with Crippen LogP contribution in [0.5, 0.6) is 0 Å². The molecule has 0 unspecified atom stereocenters. The second-order valence-electron chi connectivity index (χ2n) is 9.39. The van der Waals surface area contributed by atoms with Crippen molar-refractivity contribution in [2.24, 2.45) is 29.6 Å². The molecule has 0 aromatic carbocycles. The molecule has 5 atom stereocenters. The first-order valence-corrected chi connectivity index (χ1v) is 11.2. The predicted octanol–water partition coefficient (Wildman–Crippen LogP) is 6.80. The van der Waals surface area contributed by atoms with Gasteiger partial charge in [0.05, 0.1) is 7.11 Å². The highest BCUT2D eigenvalue weighted by Crippen LogP contribution is 2.54. The van der Waals surface area contributed by atoms with Crippen LogP contribution in [0, 0.1) is 29.6 Å². The van der Waals surface area contributed by atoms with Gasteiger partial charge in [0.25, 0.3) is 0 Å². The first kappa shape index (κ1) is 21.1. The molecular weight excluding hydrogens is 344 g/mol. The zero-order valence-electron chi connectivity index (χ0n) is 18.1. The molecule has 2 saturated carbocycles. The van der Waals surface area contributed by atoms with Gasteiger partial charge in [-0.1, -0.05) is 49.0 Å². The van der Waals surface area contributed by atoms with Crippen LogP contribution < -0.4 is 0 Å². The second-order valence-corrected chi connectivity index (χ2v) is 9.39. The minimum atomic E-state index is -0.209. The number of carbonyl (C=O) groups excluding carboxylic acids is 1. The molecule has 2 heteroatoms.